The van der Waals surface area contributed by atoms with Crippen molar-refractivity contribution in [2.45, 2.75) is 0 Å². The van der Waals surface area contributed by atoms with E-state index in [1.807, 2.05) is 30.3 Å². The quantitative estimate of drug-likeness (QED) is 0.533. The number of hydrogen-bond donors (Lipinski definition) is 1. The Balaban J connectivity index is 1.57. The summed E-state index contributed by atoms with van der Waals surface area (Å²) in [6.07, 6.45) is 3.22. The number of rotatable bonds is 5. The average molecular weight is 393 g/mol. The highest BCUT2D eigenvalue weighted by molar-refractivity contribution is 7.17. The van der Waals surface area contributed by atoms with Crippen LogP contribution in [0.5, 0.6) is 0 Å². The van der Waals surface area contributed by atoms with Gasteiger partial charge in [-0.2, -0.15) is 5.10 Å². The number of hydrazone groups is 1. The van der Waals surface area contributed by atoms with E-state index >= 15 is 0 Å². The molecule has 142 valence electrons. The molecule has 1 aliphatic rings. The van der Waals surface area contributed by atoms with Crippen LogP contribution in [-0.4, -0.2) is 48.4 Å². The molecule has 1 aromatic carbocycles. The molecule has 1 saturated heterocycles. The summed E-state index contributed by atoms with van der Waals surface area (Å²) in [6.45, 7) is 3.02. The minimum absolute atomic E-state index is 0.321. The van der Waals surface area contributed by atoms with E-state index in [1.165, 1.54) is 0 Å². The van der Waals surface area contributed by atoms with Crippen LogP contribution < -0.4 is 10.3 Å². The van der Waals surface area contributed by atoms with Crippen molar-refractivity contribution in [2.75, 3.05) is 31.2 Å². The number of anilines is 1. The first-order valence-electron chi connectivity index (χ1n) is 8.94. The van der Waals surface area contributed by atoms with Crippen LogP contribution in [0.3, 0.4) is 0 Å². The Kier molecular flexibility index (Phi) is 5.69. The van der Waals surface area contributed by atoms with E-state index in [2.05, 4.69) is 20.4 Å². The second-order valence-electron chi connectivity index (χ2n) is 6.09. The fraction of sp³-hybridized carbons (Fsp3) is 0.200. The molecule has 3 heterocycles. The standard InChI is InChI=1S/C20H19N5O2S/c26-19(16-8-4-5-9-21-16)24-22-14-17-18(15-6-2-1-3-7-15)23-20(28-17)25-10-12-27-13-11-25/h1-9,14H,10-13H2,(H,24,26)/b22-14-. The number of carbonyl (C=O) groups is 1. The maximum Gasteiger partial charge on any atom is 0.289 e. The van der Waals surface area contributed by atoms with Gasteiger partial charge >= 0.3 is 0 Å². The molecule has 0 unspecified atom stereocenters. The Morgan fingerprint density at radius 3 is 2.68 bits per heavy atom. The van der Waals surface area contributed by atoms with E-state index in [0.717, 1.165) is 34.4 Å². The summed E-state index contributed by atoms with van der Waals surface area (Å²) in [7, 11) is 0. The number of nitrogens with zero attached hydrogens (tertiary/aromatic N) is 4. The van der Waals surface area contributed by atoms with Crippen molar-refractivity contribution < 1.29 is 9.53 Å². The minimum atomic E-state index is -0.351. The summed E-state index contributed by atoms with van der Waals surface area (Å²) in [5, 5.41) is 5.06. The van der Waals surface area contributed by atoms with Gasteiger partial charge in [-0.05, 0) is 12.1 Å². The SMILES string of the molecule is O=C(N/N=C\c1sc(N2CCOCC2)nc1-c1ccccc1)c1ccccn1. The van der Waals surface area contributed by atoms with Crippen LogP contribution >= 0.6 is 11.3 Å². The average Bonchev–Trinajstić information content (AvgIpc) is 3.20. The van der Waals surface area contributed by atoms with Gasteiger partial charge in [-0.3, -0.25) is 9.78 Å². The maximum absolute atomic E-state index is 12.1. The van der Waals surface area contributed by atoms with Gasteiger partial charge in [0.25, 0.3) is 5.91 Å². The molecule has 0 radical (unpaired) electrons. The first-order chi connectivity index (χ1) is 13.8. The molecule has 1 amide bonds. The normalized spacial score (nSPS) is 14.4. The lowest BCUT2D eigenvalue weighted by Crippen LogP contribution is -2.36. The van der Waals surface area contributed by atoms with Crippen molar-refractivity contribution in [3.63, 3.8) is 0 Å². The highest BCUT2D eigenvalue weighted by Crippen LogP contribution is 2.32. The summed E-state index contributed by atoms with van der Waals surface area (Å²) in [5.41, 5.74) is 4.71. The van der Waals surface area contributed by atoms with E-state index in [-0.39, 0.29) is 5.91 Å². The minimum Gasteiger partial charge on any atom is -0.378 e. The molecule has 2 aromatic heterocycles. The molecule has 0 bridgehead atoms. The van der Waals surface area contributed by atoms with E-state index < -0.39 is 0 Å². The third-order valence-corrected chi connectivity index (χ3v) is 5.27. The number of benzene rings is 1. The molecule has 0 aliphatic carbocycles. The van der Waals surface area contributed by atoms with Crippen LogP contribution in [0.1, 0.15) is 15.4 Å². The Labute approximate surface area is 166 Å². The number of morpholine rings is 1. The van der Waals surface area contributed by atoms with Gasteiger partial charge in [0.05, 0.1) is 30.0 Å². The highest BCUT2D eigenvalue weighted by atomic mass is 32.1. The van der Waals surface area contributed by atoms with Crippen LogP contribution in [0.25, 0.3) is 11.3 Å². The molecule has 1 fully saturated rings. The molecule has 7 nitrogen and oxygen atoms in total. The van der Waals surface area contributed by atoms with Gasteiger partial charge in [-0.25, -0.2) is 10.4 Å². The second-order valence-corrected chi connectivity index (χ2v) is 7.10. The van der Waals surface area contributed by atoms with E-state index in [0.29, 0.717) is 18.9 Å². The zero-order chi connectivity index (χ0) is 19.2. The summed E-state index contributed by atoms with van der Waals surface area (Å²) >= 11 is 1.55. The van der Waals surface area contributed by atoms with Gasteiger partial charge in [-0.1, -0.05) is 47.7 Å². The summed E-state index contributed by atoms with van der Waals surface area (Å²) < 4.78 is 5.43. The number of carbonyl (C=O) groups excluding carboxylic acids is 1. The van der Waals surface area contributed by atoms with Crippen molar-refractivity contribution >= 4 is 28.6 Å². The van der Waals surface area contributed by atoms with Gasteiger partial charge in [0.15, 0.2) is 5.13 Å². The van der Waals surface area contributed by atoms with E-state index in [1.54, 1.807) is 41.9 Å². The monoisotopic (exact) mass is 393 g/mol. The molecule has 4 rings (SSSR count). The number of hydrogen-bond acceptors (Lipinski definition) is 7. The van der Waals surface area contributed by atoms with Gasteiger partial charge in [0, 0.05) is 24.8 Å². The fourth-order valence-electron chi connectivity index (χ4n) is 2.80. The Bertz CT molecular complexity index is 953. The van der Waals surface area contributed by atoms with E-state index in [4.69, 9.17) is 9.72 Å². The number of nitrogens with one attached hydrogen (secondary N) is 1. The van der Waals surface area contributed by atoms with Crippen molar-refractivity contribution in [1.82, 2.24) is 15.4 Å². The molecule has 0 saturated carbocycles. The zero-order valence-corrected chi connectivity index (χ0v) is 15.9. The summed E-state index contributed by atoms with van der Waals surface area (Å²) in [5.74, 6) is -0.351. The van der Waals surface area contributed by atoms with Gasteiger partial charge in [0.1, 0.15) is 5.69 Å². The molecule has 0 atom stereocenters. The zero-order valence-electron chi connectivity index (χ0n) is 15.1. The lowest BCUT2D eigenvalue weighted by atomic mass is 10.1. The van der Waals surface area contributed by atoms with Crippen molar-refractivity contribution in [3.8, 4) is 11.3 Å². The topological polar surface area (TPSA) is 79.7 Å². The van der Waals surface area contributed by atoms with E-state index in [9.17, 15) is 4.79 Å². The Morgan fingerprint density at radius 1 is 1.14 bits per heavy atom. The van der Waals surface area contributed by atoms with Crippen LogP contribution in [0, 0.1) is 0 Å². The predicted octanol–water partition coefficient (Wildman–Crippen LogP) is 2.81. The highest BCUT2D eigenvalue weighted by Gasteiger charge is 2.18. The van der Waals surface area contributed by atoms with Crippen molar-refractivity contribution in [3.05, 3.63) is 65.3 Å². The summed E-state index contributed by atoms with van der Waals surface area (Å²) in [6, 6.07) is 15.1. The van der Waals surface area contributed by atoms with Gasteiger partial charge in [-0.15, -0.1) is 0 Å². The number of pyridine rings is 1. The first kappa shape index (κ1) is 18.3. The molecule has 3 aromatic rings. The van der Waals surface area contributed by atoms with Crippen LogP contribution in [-0.2, 0) is 4.74 Å². The number of aromatic nitrogens is 2. The third kappa shape index (κ3) is 4.24. The fourth-order valence-corrected chi connectivity index (χ4v) is 3.82. The van der Waals surface area contributed by atoms with Crippen LogP contribution in [0.15, 0.2) is 59.8 Å². The maximum atomic E-state index is 12.1. The third-order valence-electron chi connectivity index (χ3n) is 4.22. The molecular weight excluding hydrogens is 374 g/mol. The molecular formula is C20H19N5O2S. The van der Waals surface area contributed by atoms with Crippen LogP contribution in [0.4, 0.5) is 5.13 Å². The molecule has 28 heavy (non-hydrogen) atoms. The smallest absolute Gasteiger partial charge is 0.289 e. The lowest BCUT2D eigenvalue weighted by Gasteiger charge is -2.26. The lowest BCUT2D eigenvalue weighted by molar-refractivity contribution is 0.0950. The van der Waals surface area contributed by atoms with Gasteiger partial charge < -0.3 is 9.64 Å². The first-order valence-corrected chi connectivity index (χ1v) is 9.76. The second kappa shape index (κ2) is 8.73. The largest absolute Gasteiger partial charge is 0.378 e. The number of thiazole rings is 1. The number of ether oxygens (including phenoxy) is 1. The Morgan fingerprint density at radius 2 is 1.93 bits per heavy atom. The van der Waals surface area contributed by atoms with Crippen LogP contribution in [0.2, 0.25) is 0 Å². The number of amides is 1. The van der Waals surface area contributed by atoms with Crippen molar-refractivity contribution in [1.29, 1.82) is 0 Å². The van der Waals surface area contributed by atoms with Gasteiger partial charge in [0.2, 0.25) is 0 Å². The van der Waals surface area contributed by atoms with Crippen molar-refractivity contribution in [2.24, 2.45) is 5.10 Å². The predicted molar refractivity (Wildman–Crippen MR) is 110 cm³/mol. The summed E-state index contributed by atoms with van der Waals surface area (Å²) in [4.78, 5) is 24.1. The Hall–Kier alpha value is -3.10. The molecule has 8 heteroatoms. The molecule has 1 N–H and O–H groups in total. The molecule has 0 spiro atoms. The molecule has 1 aliphatic heterocycles.